The monoisotopic (exact) mass is 221 g/mol. The highest BCUT2D eigenvalue weighted by molar-refractivity contribution is 5.55. The Labute approximate surface area is 94.4 Å². The molecule has 1 rings (SSSR count). The number of nitro groups is 1. The van der Waals surface area contributed by atoms with Crippen LogP contribution < -0.4 is 0 Å². The molecule has 1 unspecified atom stereocenters. The van der Waals surface area contributed by atoms with E-state index in [0.717, 1.165) is 11.8 Å². The maximum Gasteiger partial charge on any atom is 0.211 e. The van der Waals surface area contributed by atoms with Crippen LogP contribution in [0.5, 0.6) is 0 Å². The molecule has 1 aromatic rings. The number of rotatable bonds is 6. The molecule has 2 atom stereocenters. The predicted molar refractivity (Wildman–Crippen MR) is 60.9 cm³/mol. The summed E-state index contributed by atoms with van der Waals surface area (Å²) < 4.78 is 0. The lowest BCUT2D eigenvalue weighted by Crippen LogP contribution is -2.22. The Balaban J connectivity index is 2.95. The highest BCUT2D eigenvalue weighted by Gasteiger charge is 2.25. The molecular weight excluding hydrogens is 206 g/mol. The third kappa shape index (κ3) is 3.15. The first kappa shape index (κ1) is 12.4. The van der Waals surface area contributed by atoms with Gasteiger partial charge >= 0.3 is 0 Å². The molecule has 0 aromatic heterocycles. The van der Waals surface area contributed by atoms with Gasteiger partial charge in [-0.2, -0.15) is 0 Å². The number of nitrogens with zero attached hydrogens (tertiary/aromatic N) is 1. The van der Waals surface area contributed by atoms with Crippen LogP contribution in [0.2, 0.25) is 0 Å². The van der Waals surface area contributed by atoms with Gasteiger partial charge in [0.05, 0.1) is 5.92 Å². The van der Waals surface area contributed by atoms with Gasteiger partial charge in [0.25, 0.3) is 0 Å². The van der Waals surface area contributed by atoms with E-state index in [0.29, 0.717) is 6.42 Å². The lowest BCUT2D eigenvalue weighted by molar-refractivity contribution is -0.484. The fourth-order valence-corrected chi connectivity index (χ4v) is 1.82. The van der Waals surface area contributed by atoms with Crippen molar-refractivity contribution < 1.29 is 9.72 Å². The van der Waals surface area contributed by atoms with E-state index < -0.39 is 0 Å². The van der Waals surface area contributed by atoms with Gasteiger partial charge in [0, 0.05) is 10.8 Å². The molecule has 0 aliphatic carbocycles. The molecule has 4 nitrogen and oxygen atoms in total. The summed E-state index contributed by atoms with van der Waals surface area (Å²) in [7, 11) is 0. The van der Waals surface area contributed by atoms with Crippen molar-refractivity contribution in [1.82, 2.24) is 0 Å². The van der Waals surface area contributed by atoms with Gasteiger partial charge in [-0.3, -0.25) is 10.1 Å². The van der Waals surface area contributed by atoms with Crippen molar-refractivity contribution in [1.29, 1.82) is 0 Å². The van der Waals surface area contributed by atoms with Crippen molar-refractivity contribution in [3.8, 4) is 0 Å². The minimum atomic E-state index is -0.357. The molecule has 16 heavy (non-hydrogen) atoms. The molecule has 0 saturated carbocycles. The van der Waals surface area contributed by atoms with E-state index in [9.17, 15) is 14.9 Å². The fraction of sp³-hybridized carbons (Fsp3) is 0.417. The molecule has 1 aromatic carbocycles. The molecule has 0 saturated heterocycles. The second kappa shape index (κ2) is 6.00. The van der Waals surface area contributed by atoms with Crippen LogP contribution in [0.15, 0.2) is 30.3 Å². The molecule has 0 heterocycles. The molecule has 0 aliphatic rings. The van der Waals surface area contributed by atoms with Gasteiger partial charge in [0.2, 0.25) is 6.54 Å². The lowest BCUT2D eigenvalue weighted by Gasteiger charge is -2.18. The number of carbonyl (C=O) groups is 1. The van der Waals surface area contributed by atoms with Gasteiger partial charge in [0.15, 0.2) is 0 Å². The lowest BCUT2D eigenvalue weighted by atomic mass is 9.85. The Morgan fingerprint density at radius 1 is 1.38 bits per heavy atom. The van der Waals surface area contributed by atoms with Crippen molar-refractivity contribution in [2.45, 2.75) is 19.3 Å². The summed E-state index contributed by atoms with van der Waals surface area (Å²) in [5.74, 6) is -0.605. The number of benzene rings is 1. The summed E-state index contributed by atoms with van der Waals surface area (Å²) in [5, 5.41) is 10.6. The summed E-state index contributed by atoms with van der Waals surface area (Å²) in [6.45, 7) is 1.68. The second-order valence-electron chi connectivity index (χ2n) is 3.74. The molecule has 0 spiro atoms. The van der Waals surface area contributed by atoms with Crippen LogP contribution in [0, 0.1) is 16.0 Å². The maximum absolute atomic E-state index is 10.9. The van der Waals surface area contributed by atoms with E-state index in [1.165, 1.54) is 0 Å². The standard InChI is InChI=1S/C12H15NO3/c1-2-10(9-14)12(8-13(15)16)11-6-4-3-5-7-11/h3-7,9-10,12H,2,8H2,1H3/t10-,12?/m1/s1. The van der Waals surface area contributed by atoms with Crippen molar-refractivity contribution in [2.75, 3.05) is 6.54 Å². The smallest absolute Gasteiger partial charge is 0.211 e. The Morgan fingerprint density at radius 3 is 2.44 bits per heavy atom. The zero-order chi connectivity index (χ0) is 12.0. The predicted octanol–water partition coefficient (Wildman–Crippen LogP) is 2.27. The fourth-order valence-electron chi connectivity index (χ4n) is 1.82. The molecule has 0 radical (unpaired) electrons. The Kier molecular flexibility index (Phi) is 4.64. The number of hydrogen-bond donors (Lipinski definition) is 0. The van der Waals surface area contributed by atoms with Crippen LogP contribution in [0.3, 0.4) is 0 Å². The van der Waals surface area contributed by atoms with Gasteiger partial charge in [-0.25, -0.2) is 0 Å². The first-order valence-corrected chi connectivity index (χ1v) is 5.31. The molecule has 0 aliphatic heterocycles. The zero-order valence-corrected chi connectivity index (χ0v) is 9.20. The third-order valence-corrected chi connectivity index (χ3v) is 2.74. The zero-order valence-electron chi connectivity index (χ0n) is 9.20. The normalized spacial score (nSPS) is 14.1. The van der Waals surface area contributed by atoms with E-state index in [-0.39, 0.29) is 23.3 Å². The molecule has 0 bridgehead atoms. The summed E-state index contributed by atoms with van der Waals surface area (Å²) in [4.78, 5) is 21.2. The van der Waals surface area contributed by atoms with Gasteiger partial charge < -0.3 is 4.79 Å². The summed E-state index contributed by atoms with van der Waals surface area (Å²) in [6.07, 6.45) is 1.44. The van der Waals surface area contributed by atoms with Crippen LogP contribution >= 0.6 is 0 Å². The van der Waals surface area contributed by atoms with E-state index in [1.807, 2.05) is 37.3 Å². The maximum atomic E-state index is 10.9. The second-order valence-corrected chi connectivity index (χ2v) is 3.74. The highest BCUT2D eigenvalue weighted by Crippen LogP contribution is 2.25. The number of carbonyl (C=O) groups excluding carboxylic acids is 1. The molecule has 0 N–H and O–H groups in total. The van der Waals surface area contributed by atoms with Crippen LogP contribution in [0.4, 0.5) is 0 Å². The molecule has 86 valence electrons. The summed E-state index contributed by atoms with van der Waals surface area (Å²) >= 11 is 0. The van der Waals surface area contributed by atoms with Gasteiger partial charge in [0.1, 0.15) is 6.29 Å². The van der Waals surface area contributed by atoms with Crippen LogP contribution in [0.25, 0.3) is 0 Å². The topological polar surface area (TPSA) is 60.2 Å². The van der Waals surface area contributed by atoms with Crippen molar-refractivity contribution in [2.24, 2.45) is 5.92 Å². The van der Waals surface area contributed by atoms with Gasteiger partial charge in [-0.15, -0.1) is 0 Å². The Hall–Kier alpha value is -1.71. The Bertz CT molecular complexity index is 351. The van der Waals surface area contributed by atoms with Crippen LogP contribution in [-0.4, -0.2) is 17.8 Å². The van der Waals surface area contributed by atoms with Crippen LogP contribution in [0.1, 0.15) is 24.8 Å². The van der Waals surface area contributed by atoms with Gasteiger partial charge in [-0.05, 0) is 12.0 Å². The average molecular weight is 221 g/mol. The van der Waals surface area contributed by atoms with Crippen molar-refractivity contribution in [3.05, 3.63) is 46.0 Å². The first-order chi connectivity index (χ1) is 7.69. The quantitative estimate of drug-likeness (QED) is 0.420. The first-order valence-electron chi connectivity index (χ1n) is 5.31. The van der Waals surface area contributed by atoms with E-state index >= 15 is 0 Å². The van der Waals surface area contributed by atoms with Crippen molar-refractivity contribution in [3.63, 3.8) is 0 Å². The van der Waals surface area contributed by atoms with Crippen molar-refractivity contribution >= 4 is 6.29 Å². The minimum Gasteiger partial charge on any atom is -0.303 e. The van der Waals surface area contributed by atoms with E-state index in [2.05, 4.69) is 0 Å². The van der Waals surface area contributed by atoms with Gasteiger partial charge in [-0.1, -0.05) is 37.3 Å². The Morgan fingerprint density at radius 2 is 2.00 bits per heavy atom. The van der Waals surface area contributed by atoms with E-state index in [1.54, 1.807) is 0 Å². The highest BCUT2D eigenvalue weighted by atomic mass is 16.6. The van der Waals surface area contributed by atoms with E-state index in [4.69, 9.17) is 0 Å². The molecular formula is C12H15NO3. The number of aldehydes is 1. The molecule has 4 heteroatoms. The minimum absolute atomic E-state index is 0.193. The largest absolute Gasteiger partial charge is 0.303 e. The average Bonchev–Trinajstić information content (AvgIpc) is 2.30. The molecule has 0 amide bonds. The summed E-state index contributed by atoms with van der Waals surface area (Å²) in [5.41, 5.74) is 0.859. The molecule has 0 fully saturated rings. The third-order valence-electron chi connectivity index (χ3n) is 2.74. The number of hydrogen-bond acceptors (Lipinski definition) is 3. The van der Waals surface area contributed by atoms with Crippen LogP contribution in [-0.2, 0) is 4.79 Å². The SMILES string of the molecule is CC[C@H](C=O)C(C[N+](=O)[O-])c1ccccc1. The summed E-state index contributed by atoms with van der Waals surface area (Å²) in [6, 6.07) is 9.19.